The number of likely N-dealkylation sites (N-methyl/N-ethyl adjacent to an activating group) is 3. The number of ether oxygens (including phenoxy) is 12. The molecule has 12 aromatic rings. The SMILES string of the molecule is COc1nc(Nc2cc(-c3ccc(OC4CCOCC4)c(C#N)c3)ncn2)ccc1N(C)CCN(C)C.COc1nc(Nc2cc(-c3ccc(OC4CCOCC4)c(C#N)c3)ncn2)ccc1N1CCN(C)CC1.COc1nc(Nc2cc(-c3ccc(OC4CCOCC4)c(C#N)c3)ncn2)ccc1N1CCS(=O)(=O)CC1.COc1nc(Nc2cc(-c3cnc(OC4CCOCC4)c(C#N)c3)ncn2)ccc1C(=O)N(C)C. The fourth-order valence-corrected chi connectivity index (χ4v) is 17.6. The summed E-state index contributed by atoms with van der Waals surface area (Å²) in [6, 6.07) is 49.0. The van der Waals surface area contributed by atoms with Gasteiger partial charge in [-0.25, -0.2) is 53.3 Å². The van der Waals surface area contributed by atoms with Gasteiger partial charge in [-0.05, 0) is 130 Å². The molecule has 0 spiro atoms. The van der Waals surface area contributed by atoms with Gasteiger partial charge >= 0.3 is 0 Å². The maximum absolute atomic E-state index is 12.3. The summed E-state index contributed by atoms with van der Waals surface area (Å²) in [5.74, 6) is 8.05. The van der Waals surface area contributed by atoms with Crippen molar-refractivity contribution in [2.24, 2.45) is 0 Å². The van der Waals surface area contributed by atoms with Crippen molar-refractivity contribution in [2.45, 2.75) is 75.8 Å². The van der Waals surface area contributed by atoms with Gasteiger partial charge in [-0.3, -0.25) is 4.79 Å². The number of hydrogen-bond donors (Lipinski definition) is 4. The Balaban J connectivity index is 0.000000147. The van der Waals surface area contributed by atoms with Crippen LogP contribution < -0.4 is 73.9 Å². The lowest BCUT2D eigenvalue weighted by Gasteiger charge is -2.34. The molecule has 6 fully saturated rings. The monoisotopic (exact) mass is 2020 g/mol. The number of nitrogens with zero attached hydrogens (tertiary/aromatic N) is 23. The zero-order valence-electron chi connectivity index (χ0n) is 83.6. The van der Waals surface area contributed by atoms with Gasteiger partial charge in [0.05, 0.1) is 138 Å². The lowest BCUT2D eigenvalue weighted by Crippen LogP contribution is -2.44. The molecule has 0 bridgehead atoms. The Morgan fingerprint density at radius 2 is 0.728 bits per heavy atom. The molecule has 0 atom stereocenters. The van der Waals surface area contributed by atoms with Gasteiger partial charge in [-0.1, -0.05) is 0 Å². The number of aromatic nitrogens is 13. The van der Waals surface area contributed by atoms with Crippen LogP contribution in [0.2, 0.25) is 0 Å². The zero-order valence-corrected chi connectivity index (χ0v) is 84.4. The molecular weight excluding hydrogens is 1900 g/mol. The minimum absolute atomic E-state index is 0.0204. The zero-order chi connectivity index (χ0) is 103. The molecule has 42 nitrogen and oxygen atoms in total. The van der Waals surface area contributed by atoms with Crippen LogP contribution in [0.1, 0.15) is 84.0 Å². The van der Waals surface area contributed by atoms with Crippen LogP contribution in [0.15, 0.2) is 165 Å². The Morgan fingerprint density at radius 3 is 1.10 bits per heavy atom. The van der Waals surface area contributed by atoms with E-state index in [0.29, 0.717) is 209 Å². The Kier molecular flexibility index (Phi) is 36.8. The molecule has 6 aliphatic rings. The molecular formula is C104H117N27O15S. The highest BCUT2D eigenvalue weighted by Gasteiger charge is 2.29. The summed E-state index contributed by atoms with van der Waals surface area (Å²) in [4.78, 5) is 81.8. The first-order valence-corrected chi connectivity index (χ1v) is 49.9. The molecule has 0 unspecified atom stereocenters. The Labute approximate surface area is 853 Å². The molecule has 6 saturated heterocycles. The van der Waals surface area contributed by atoms with Crippen molar-refractivity contribution >= 4 is 79.3 Å². The molecule has 0 saturated carbocycles. The first-order chi connectivity index (χ1) is 71.5. The second kappa shape index (κ2) is 51.4. The lowest BCUT2D eigenvalue weighted by molar-refractivity contribution is 0.0235. The largest absolute Gasteiger partial charge is 0.489 e. The van der Waals surface area contributed by atoms with E-state index in [-0.39, 0.29) is 47.7 Å². The number of pyridine rings is 5. The van der Waals surface area contributed by atoms with E-state index in [2.05, 4.69) is 137 Å². The third-order valence-corrected chi connectivity index (χ3v) is 26.2. The van der Waals surface area contributed by atoms with Gasteiger partial charge in [0, 0.05) is 178 Å². The number of nitriles is 4. The van der Waals surface area contributed by atoms with E-state index < -0.39 is 9.84 Å². The second-order valence-corrected chi connectivity index (χ2v) is 37.6. The summed E-state index contributed by atoms with van der Waals surface area (Å²) < 4.78 is 91.1. The van der Waals surface area contributed by atoms with Crippen LogP contribution >= 0.6 is 0 Å². The van der Waals surface area contributed by atoms with Crippen LogP contribution in [0.4, 0.5) is 63.6 Å². The Hall–Kier alpha value is -16.1. The number of anilines is 11. The summed E-state index contributed by atoms with van der Waals surface area (Å²) >= 11 is 0. The van der Waals surface area contributed by atoms with Crippen molar-refractivity contribution in [3.63, 3.8) is 0 Å². The van der Waals surface area contributed by atoms with Crippen molar-refractivity contribution in [2.75, 3.05) is 223 Å². The number of nitrogens with one attached hydrogen (secondary N) is 4. The average Bonchev–Trinajstić information content (AvgIpc) is 0.812. The first kappa shape index (κ1) is 105. The number of benzene rings is 3. The first-order valence-electron chi connectivity index (χ1n) is 48.1. The summed E-state index contributed by atoms with van der Waals surface area (Å²) in [6.45, 7) is 11.7. The van der Waals surface area contributed by atoms with Gasteiger partial charge in [0.2, 0.25) is 29.4 Å². The normalized spacial score (nSPS) is 15.4. The maximum atomic E-state index is 12.3. The smallest absolute Gasteiger partial charge is 0.258 e. The van der Waals surface area contributed by atoms with E-state index in [0.717, 1.165) is 124 Å². The topological polar surface area (TPSA) is 492 Å². The highest BCUT2D eigenvalue weighted by molar-refractivity contribution is 7.91. The lowest BCUT2D eigenvalue weighted by atomic mass is 10.1. The molecule has 1 amide bonds. The van der Waals surface area contributed by atoms with Crippen LogP contribution in [0.5, 0.6) is 46.6 Å². The van der Waals surface area contributed by atoms with Gasteiger partial charge in [0.1, 0.15) is 160 Å². The van der Waals surface area contributed by atoms with Gasteiger partial charge in [-0.2, -0.15) is 41.0 Å². The highest BCUT2D eigenvalue weighted by atomic mass is 32.2. The van der Waals surface area contributed by atoms with Crippen LogP contribution in [-0.2, 0) is 28.8 Å². The molecule has 18 rings (SSSR count). The highest BCUT2D eigenvalue weighted by Crippen LogP contribution is 2.39. The molecule has 6 aliphatic heterocycles. The molecule has 3 aromatic carbocycles. The van der Waals surface area contributed by atoms with Crippen LogP contribution in [-0.4, -0.2) is 306 Å². The van der Waals surface area contributed by atoms with Crippen molar-refractivity contribution in [1.29, 1.82) is 21.0 Å². The van der Waals surface area contributed by atoms with Gasteiger partial charge in [0.15, 0.2) is 9.84 Å². The van der Waals surface area contributed by atoms with E-state index in [1.54, 1.807) is 95.2 Å². The number of methoxy groups -OCH3 is 4. The van der Waals surface area contributed by atoms with Crippen molar-refractivity contribution in [3.05, 3.63) is 193 Å². The molecule has 0 radical (unpaired) electrons. The van der Waals surface area contributed by atoms with E-state index in [1.165, 1.54) is 44.4 Å². The van der Waals surface area contributed by atoms with Crippen LogP contribution in [0.3, 0.4) is 0 Å². The predicted molar refractivity (Wildman–Crippen MR) is 551 cm³/mol. The molecule has 764 valence electrons. The van der Waals surface area contributed by atoms with E-state index in [9.17, 15) is 34.3 Å². The number of hydrogen-bond acceptors (Lipinski definition) is 41. The van der Waals surface area contributed by atoms with Crippen LogP contribution in [0.25, 0.3) is 45.0 Å². The fourth-order valence-electron chi connectivity index (χ4n) is 16.4. The van der Waals surface area contributed by atoms with Crippen molar-refractivity contribution < 1.29 is 70.1 Å². The van der Waals surface area contributed by atoms with E-state index in [1.807, 2.05) is 98.8 Å². The standard InChI is InChI=1S/C27H31N7O3.C27H33N7O3.C26H28N6O5S.C24H25N7O4/c1-33-9-11-34(12-10-33)23-4-6-25(32-27(23)35-2)31-26-16-22(29-18-30-26)19-3-5-24(20(15-19)17-28)37-21-7-13-36-14-8-21;1-33(2)11-12-34(3)23-6-8-25(32-27(23)35-4)31-26-16-22(29-18-30-26)19-5-7-24(20(15-19)17-28)37-21-9-13-36-14-10-21;1-35-26-22(32-8-12-38(33,34)13-9-32)3-5-24(31-26)30-25-15-21(28-17-29-25)18-2-4-23(19(14-18)16-27)37-20-6-10-36-11-7-20;1-31(2)24(32)18-4-5-20(30-23(18)33-3)29-21-11-19(27-14-28-21)16-10-15(12-25)22(26-13-16)35-17-6-8-34-9-7-17/h3-6,15-16,18,21H,7-14H2,1-2H3,(H,29,30,31,32);5-8,15-16,18,21H,9-14H2,1-4H3,(H,29,30,31,32);2-5,14-15,17,20H,6-13H2,1H3,(H,28,29,30,31);4-5,10-11,13-14,17H,6-9H2,1-3H3,(H,27,28,29,30). The summed E-state index contributed by atoms with van der Waals surface area (Å²) in [5, 5.41) is 51.5. The molecule has 15 heterocycles. The molecule has 147 heavy (non-hydrogen) atoms. The van der Waals surface area contributed by atoms with Gasteiger partial charge in [-0.15, -0.1) is 0 Å². The number of carbonyl (C=O) groups is 1. The number of sulfone groups is 1. The second-order valence-electron chi connectivity index (χ2n) is 35.3. The minimum atomic E-state index is -2.99. The Morgan fingerprint density at radius 1 is 0.381 bits per heavy atom. The summed E-state index contributed by atoms with van der Waals surface area (Å²) in [6.07, 6.45) is 14.0. The summed E-state index contributed by atoms with van der Waals surface area (Å²) in [7, 11) is 14.8. The third kappa shape index (κ3) is 28.9. The fraction of sp³-hybridized carbons (Fsp3) is 0.385. The third-order valence-electron chi connectivity index (χ3n) is 24.6. The molecule has 43 heteroatoms. The molecule has 9 aromatic heterocycles. The van der Waals surface area contributed by atoms with Crippen molar-refractivity contribution in [1.82, 2.24) is 79.5 Å². The molecule has 4 N–H and O–H groups in total. The van der Waals surface area contributed by atoms with Crippen LogP contribution in [0, 0.1) is 45.3 Å². The quantitative estimate of drug-likeness (QED) is 0.0313. The predicted octanol–water partition coefficient (Wildman–Crippen LogP) is 13.0. The number of piperazine rings is 1. The number of carbonyl (C=O) groups excluding carboxylic acids is 1. The van der Waals surface area contributed by atoms with E-state index in [4.69, 9.17) is 56.8 Å². The van der Waals surface area contributed by atoms with Gasteiger partial charge < -0.3 is 108 Å². The van der Waals surface area contributed by atoms with E-state index >= 15 is 0 Å². The molecule has 0 aliphatic carbocycles. The number of rotatable bonds is 31. The average molecular weight is 2020 g/mol. The minimum Gasteiger partial charge on any atom is -0.489 e. The Bertz CT molecular complexity index is 6800. The van der Waals surface area contributed by atoms with Gasteiger partial charge in [0.25, 0.3) is 5.91 Å². The number of amides is 1. The summed E-state index contributed by atoms with van der Waals surface area (Å²) in [5.41, 5.74) is 10.3. The van der Waals surface area contributed by atoms with Crippen molar-refractivity contribution in [3.8, 4) is 116 Å². The maximum Gasteiger partial charge on any atom is 0.258 e.